The van der Waals surface area contributed by atoms with E-state index in [0.29, 0.717) is 53.8 Å². The number of ether oxygens (including phenoxy) is 2. The van der Waals surface area contributed by atoms with Crippen molar-refractivity contribution < 1.29 is 28.7 Å². The minimum Gasteiger partial charge on any atom is -0.490 e. The van der Waals surface area contributed by atoms with Gasteiger partial charge < -0.3 is 34.6 Å². The number of aryl methyl sites for hydroxylation is 2. The van der Waals surface area contributed by atoms with Crippen molar-refractivity contribution in [1.82, 2.24) is 19.9 Å². The fourth-order valence-electron chi connectivity index (χ4n) is 5.57. The number of urea groups is 1. The number of hydrogen-bond donors (Lipinski definition) is 3. The van der Waals surface area contributed by atoms with Crippen molar-refractivity contribution in [2.45, 2.75) is 78.7 Å². The number of nitrogens with one attached hydrogen (secondary N) is 2. The number of nitrogens with zero attached hydrogens (tertiary/aromatic N) is 4. The zero-order chi connectivity index (χ0) is 33.2. The summed E-state index contributed by atoms with van der Waals surface area (Å²) in [5.41, 5.74) is 2.93. The zero-order valence-corrected chi connectivity index (χ0v) is 27.8. The van der Waals surface area contributed by atoms with Crippen LogP contribution in [0.2, 0.25) is 0 Å². The summed E-state index contributed by atoms with van der Waals surface area (Å²) in [6.45, 7) is 11.5. The zero-order valence-electron chi connectivity index (χ0n) is 27.8. The first-order chi connectivity index (χ1) is 22.0. The van der Waals surface area contributed by atoms with E-state index in [-0.39, 0.29) is 30.6 Å². The molecule has 3 N–H and O–H groups in total. The number of aromatic nitrogens is 2. The maximum atomic E-state index is 14.3. The van der Waals surface area contributed by atoms with Gasteiger partial charge in [0.25, 0.3) is 5.91 Å². The molecule has 0 spiro atoms. The highest BCUT2D eigenvalue weighted by molar-refractivity contribution is 6.03. The Kier molecular flexibility index (Phi) is 12.5. The molecule has 0 fully saturated rings. The lowest BCUT2D eigenvalue weighted by Gasteiger charge is -2.36. The van der Waals surface area contributed by atoms with E-state index in [1.807, 2.05) is 26.0 Å². The monoisotopic (exact) mass is 636 g/mol. The number of likely N-dealkylation sites (N-methyl/N-ethyl adjacent to an activating group) is 1. The van der Waals surface area contributed by atoms with E-state index in [9.17, 15) is 14.7 Å². The van der Waals surface area contributed by atoms with Crippen LogP contribution in [0.25, 0.3) is 0 Å². The molecular formula is C34H48N6O6. The van der Waals surface area contributed by atoms with Crippen molar-refractivity contribution in [1.29, 1.82) is 0 Å². The lowest BCUT2D eigenvalue weighted by Crippen LogP contribution is -2.47. The van der Waals surface area contributed by atoms with Crippen molar-refractivity contribution in [2.24, 2.45) is 5.92 Å². The highest BCUT2D eigenvalue weighted by atomic mass is 16.5. The second-order valence-corrected chi connectivity index (χ2v) is 12.3. The molecule has 0 saturated heterocycles. The molecule has 0 radical (unpaired) electrons. The van der Waals surface area contributed by atoms with Gasteiger partial charge in [-0.3, -0.25) is 14.7 Å². The normalized spacial score (nSPS) is 20.4. The van der Waals surface area contributed by atoms with Gasteiger partial charge in [0.05, 0.1) is 30.4 Å². The minimum atomic E-state index is -0.498. The molecule has 1 aliphatic rings. The standard InChI is InChI=1S/C34H48N6O6/c1-22-18-40(23(2)21-41)33(42)29-17-28(36-34(43)37-32-25(4)38-46-26(32)5)10-11-30(29)45-24(3)9-7-8-16-44-31(22)20-39(6)19-27-12-14-35-15-13-27/h10-15,17,22-24,31,41H,7-9,16,18-21H2,1-6H3,(H2,36,37,43)/t22-,23+,24-,31-/m0/s1. The summed E-state index contributed by atoms with van der Waals surface area (Å²) in [6, 6.07) is 8.08. The fourth-order valence-corrected chi connectivity index (χ4v) is 5.57. The number of hydrogen-bond acceptors (Lipinski definition) is 9. The molecule has 12 nitrogen and oxygen atoms in total. The summed E-state index contributed by atoms with van der Waals surface area (Å²) < 4.78 is 17.9. The molecule has 4 rings (SSSR count). The van der Waals surface area contributed by atoms with Crippen LogP contribution in [0.15, 0.2) is 47.2 Å². The van der Waals surface area contributed by atoms with E-state index < -0.39 is 12.1 Å². The van der Waals surface area contributed by atoms with Crippen molar-refractivity contribution in [3.05, 3.63) is 65.3 Å². The summed E-state index contributed by atoms with van der Waals surface area (Å²) in [6.07, 6.45) is 5.86. The Labute approximate surface area is 271 Å². The summed E-state index contributed by atoms with van der Waals surface area (Å²) >= 11 is 0. The van der Waals surface area contributed by atoms with Crippen LogP contribution in [0.5, 0.6) is 5.75 Å². The summed E-state index contributed by atoms with van der Waals surface area (Å²) in [5.74, 6) is 0.569. The van der Waals surface area contributed by atoms with Crippen LogP contribution in [0.3, 0.4) is 0 Å². The van der Waals surface area contributed by atoms with Gasteiger partial charge in [-0.15, -0.1) is 0 Å². The Hall–Kier alpha value is -4.00. The van der Waals surface area contributed by atoms with Crippen LogP contribution in [-0.2, 0) is 11.3 Å². The molecule has 0 saturated carbocycles. The topological polar surface area (TPSA) is 142 Å². The summed E-state index contributed by atoms with van der Waals surface area (Å²) in [5, 5.41) is 19.7. The van der Waals surface area contributed by atoms with Crippen LogP contribution in [0.1, 0.15) is 67.4 Å². The van der Waals surface area contributed by atoms with Gasteiger partial charge in [-0.2, -0.15) is 0 Å². The number of aliphatic hydroxyl groups excluding tert-OH is 1. The van der Waals surface area contributed by atoms with Crippen molar-refractivity contribution in [3.63, 3.8) is 0 Å². The van der Waals surface area contributed by atoms with Gasteiger partial charge in [-0.1, -0.05) is 12.1 Å². The van der Waals surface area contributed by atoms with Gasteiger partial charge in [0.1, 0.15) is 17.1 Å². The van der Waals surface area contributed by atoms with Crippen molar-refractivity contribution >= 4 is 23.3 Å². The van der Waals surface area contributed by atoms with Gasteiger partial charge in [0, 0.05) is 50.2 Å². The average Bonchev–Trinajstić information content (AvgIpc) is 3.34. The molecule has 2 aromatic heterocycles. The molecular weight excluding hydrogens is 588 g/mol. The van der Waals surface area contributed by atoms with E-state index in [1.54, 1.807) is 49.3 Å². The van der Waals surface area contributed by atoms with Crippen molar-refractivity contribution in [2.75, 3.05) is 44.0 Å². The number of fused-ring (bicyclic) bond motifs is 1. The number of pyridine rings is 1. The van der Waals surface area contributed by atoms with E-state index in [4.69, 9.17) is 14.0 Å². The first kappa shape index (κ1) is 34.9. The minimum absolute atomic E-state index is 0.0498. The molecule has 1 aliphatic heterocycles. The average molecular weight is 637 g/mol. The second-order valence-electron chi connectivity index (χ2n) is 12.3. The summed E-state index contributed by atoms with van der Waals surface area (Å²) in [7, 11) is 2.06. The number of anilines is 2. The van der Waals surface area contributed by atoms with Crippen LogP contribution < -0.4 is 15.4 Å². The molecule has 3 amide bonds. The van der Waals surface area contributed by atoms with E-state index >= 15 is 0 Å². The first-order valence-corrected chi connectivity index (χ1v) is 16.0. The van der Waals surface area contributed by atoms with Gasteiger partial charge in [0.15, 0.2) is 5.76 Å². The maximum absolute atomic E-state index is 14.3. The van der Waals surface area contributed by atoms with Gasteiger partial charge in [0.2, 0.25) is 0 Å². The van der Waals surface area contributed by atoms with Gasteiger partial charge in [-0.25, -0.2) is 4.79 Å². The Morgan fingerprint density at radius 2 is 1.91 bits per heavy atom. The number of aliphatic hydroxyl groups is 1. The van der Waals surface area contributed by atoms with Crippen LogP contribution in [0, 0.1) is 19.8 Å². The molecule has 46 heavy (non-hydrogen) atoms. The SMILES string of the molecule is Cc1noc(C)c1NC(=O)Nc1ccc2c(c1)C(=O)N([C@H](C)CO)C[C@H](C)[C@H](CN(C)Cc1ccncc1)OCCCC[C@H](C)O2. The van der Waals surface area contributed by atoms with Crippen LogP contribution in [0.4, 0.5) is 16.2 Å². The third-order valence-corrected chi connectivity index (χ3v) is 8.27. The molecule has 250 valence electrons. The van der Waals surface area contributed by atoms with E-state index in [0.717, 1.165) is 31.4 Å². The predicted molar refractivity (Wildman–Crippen MR) is 176 cm³/mol. The maximum Gasteiger partial charge on any atom is 0.323 e. The third kappa shape index (κ3) is 9.51. The molecule has 12 heteroatoms. The fraction of sp³-hybridized carbons (Fsp3) is 0.529. The van der Waals surface area contributed by atoms with Crippen LogP contribution in [-0.4, -0.2) is 88.6 Å². The van der Waals surface area contributed by atoms with Crippen LogP contribution >= 0.6 is 0 Å². The Balaban J connectivity index is 1.60. The largest absolute Gasteiger partial charge is 0.490 e. The van der Waals surface area contributed by atoms with Gasteiger partial charge in [-0.05, 0) is 89.9 Å². The Morgan fingerprint density at radius 1 is 1.15 bits per heavy atom. The molecule has 0 aliphatic carbocycles. The molecule has 3 aromatic rings. The number of carbonyl (C=O) groups is 2. The summed E-state index contributed by atoms with van der Waals surface area (Å²) in [4.78, 5) is 35.2. The molecule has 0 bridgehead atoms. The van der Waals surface area contributed by atoms with E-state index in [1.165, 1.54) is 0 Å². The number of benzene rings is 1. The quantitative estimate of drug-likeness (QED) is 0.302. The second kappa shape index (κ2) is 16.5. The Bertz CT molecular complexity index is 1410. The van der Waals surface area contributed by atoms with Gasteiger partial charge >= 0.3 is 6.03 Å². The van der Waals surface area contributed by atoms with E-state index in [2.05, 4.69) is 39.6 Å². The lowest BCUT2D eigenvalue weighted by atomic mass is 10.0. The molecule has 0 unspecified atom stereocenters. The smallest absolute Gasteiger partial charge is 0.323 e. The third-order valence-electron chi connectivity index (χ3n) is 8.27. The Morgan fingerprint density at radius 3 is 2.61 bits per heavy atom. The molecule has 1 aromatic carbocycles. The highest BCUT2D eigenvalue weighted by Crippen LogP contribution is 2.29. The number of amides is 3. The number of rotatable bonds is 8. The first-order valence-electron chi connectivity index (χ1n) is 16.0. The highest BCUT2D eigenvalue weighted by Gasteiger charge is 2.30. The predicted octanol–water partition coefficient (Wildman–Crippen LogP) is 5.26. The molecule has 3 heterocycles. The lowest BCUT2D eigenvalue weighted by molar-refractivity contribution is -0.0177. The number of carbonyl (C=O) groups excluding carboxylic acids is 2. The molecule has 4 atom stereocenters. The van der Waals surface area contributed by atoms with Crippen molar-refractivity contribution in [3.8, 4) is 5.75 Å².